The predicted octanol–water partition coefficient (Wildman–Crippen LogP) is 1.69. The van der Waals surface area contributed by atoms with Gasteiger partial charge in [0.15, 0.2) is 0 Å². The molecule has 0 amide bonds. The second-order valence-corrected chi connectivity index (χ2v) is 4.78. The van der Waals surface area contributed by atoms with Gasteiger partial charge in [-0.15, -0.1) is 0 Å². The third-order valence-corrected chi connectivity index (χ3v) is 3.53. The second kappa shape index (κ2) is 4.09. The molecule has 2 rings (SSSR count). The molecule has 0 spiro atoms. The number of aliphatic hydroxyl groups excluding tert-OH is 1. The van der Waals surface area contributed by atoms with E-state index in [-0.39, 0.29) is 18.1 Å². The number of hydrogen-bond donors (Lipinski definition) is 2. The maximum Gasteiger partial charge on any atom is 0.337 e. The van der Waals surface area contributed by atoms with E-state index >= 15 is 0 Å². The summed E-state index contributed by atoms with van der Waals surface area (Å²) < 4.78 is 4.94. The quantitative estimate of drug-likeness (QED) is 0.703. The van der Waals surface area contributed by atoms with E-state index in [9.17, 15) is 15.0 Å². The van der Waals surface area contributed by atoms with Gasteiger partial charge in [-0.1, -0.05) is 0 Å². The first-order chi connectivity index (χ1) is 7.56. The molecule has 2 bridgehead atoms. The summed E-state index contributed by atoms with van der Waals surface area (Å²) in [5.74, 6) is -0.433. The summed E-state index contributed by atoms with van der Waals surface area (Å²) in [5.41, 5.74) is -0.408. The average molecular weight is 226 g/mol. The number of carbonyl (C=O) groups excluding carboxylic acids is 1. The van der Waals surface area contributed by atoms with Gasteiger partial charge in [0.2, 0.25) is 0 Å². The molecule has 0 aromatic carbocycles. The summed E-state index contributed by atoms with van der Waals surface area (Å²) in [5, 5.41) is 20.0. The maximum absolute atomic E-state index is 11.7. The second-order valence-electron chi connectivity index (χ2n) is 4.78. The van der Waals surface area contributed by atoms with Gasteiger partial charge < -0.3 is 14.9 Å². The molecule has 0 aromatic rings. The van der Waals surface area contributed by atoms with Crippen molar-refractivity contribution >= 4 is 5.97 Å². The van der Waals surface area contributed by atoms with Crippen LogP contribution in [0.15, 0.2) is 11.3 Å². The zero-order valence-electron chi connectivity index (χ0n) is 9.53. The molecule has 0 heterocycles. The number of fused-ring (bicyclic) bond motifs is 2. The van der Waals surface area contributed by atoms with Crippen molar-refractivity contribution in [1.82, 2.24) is 0 Å². The van der Waals surface area contributed by atoms with E-state index < -0.39 is 11.6 Å². The topological polar surface area (TPSA) is 66.8 Å². The normalized spacial score (nSPS) is 33.8. The van der Waals surface area contributed by atoms with Gasteiger partial charge in [-0.05, 0) is 38.5 Å². The molecule has 4 heteroatoms. The smallest absolute Gasteiger partial charge is 0.337 e. The lowest BCUT2D eigenvalue weighted by atomic mass is 9.68. The summed E-state index contributed by atoms with van der Waals surface area (Å²) in [6, 6.07) is 0. The number of ether oxygens (including phenoxy) is 1. The molecule has 1 fully saturated rings. The monoisotopic (exact) mass is 226 g/mol. The van der Waals surface area contributed by atoms with Crippen LogP contribution in [-0.4, -0.2) is 28.4 Å². The van der Waals surface area contributed by atoms with E-state index in [2.05, 4.69) is 0 Å². The van der Waals surface area contributed by atoms with Crippen LogP contribution in [0.5, 0.6) is 0 Å². The molecule has 2 aliphatic carbocycles. The number of aliphatic hydroxyl groups is 2. The number of carbonyl (C=O) groups is 1. The molecule has 0 aliphatic heterocycles. The molecule has 0 aromatic heterocycles. The number of esters is 1. The molecule has 2 N–H and O–H groups in total. The summed E-state index contributed by atoms with van der Waals surface area (Å²) in [6.45, 7) is 2.06. The Morgan fingerprint density at radius 1 is 1.62 bits per heavy atom. The molecule has 2 unspecified atom stereocenters. The van der Waals surface area contributed by atoms with Crippen molar-refractivity contribution < 1.29 is 19.7 Å². The average Bonchev–Trinajstić information content (AvgIpc) is 2.15. The van der Waals surface area contributed by atoms with Crippen molar-refractivity contribution in [2.24, 2.45) is 5.92 Å². The van der Waals surface area contributed by atoms with Crippen molar-refractivity contribution in [2.45, 2.75) is 44.6 Å². The summed E-state index contributed by atoms with van der Waals surface area (Å²) in [4.78, 5) is 11.7. The molecule has 0 saturated heterocycles. The van der Waals surface area contributed by atoms with Gasteiger partial charge in [0.1, 0.15) is 5.76 Å². The Bertz CT molecular complexity index is 334. The first-order valence-electron chi connectivity index (χ1n) is 5.87. The highest BCUT2D eigenvalue weighted by Gasteiger charge is 2.44. The predicted molar refractivity (Wildman–Crippen MR) is 57.8 cm³/mol. The maximum atomic E-state index is 11.7. The van der Waals surface area contributed by atoms with Crippen molar-refractivity contribution in [3.8, 4) is 0 Å². The zero-order valence-corrected chi connectivity index (χ0v) is 9.53. The molecule has 2 atom stereocenters. The van der Waals surface area contributed by atoms with Crippen molar-refractivity contribution in [2.75, 3.05) is 6.61 Å². The molecule has 4 nitrogen and oxygen atoms in total. The van der Waals surface area contributed by atoms with Gasteiger partial charge in [0.05, 0.1) is 17.8 Å². The van der Waals surface area contributed by atoms with E-state index in [0.717, 1.165) is 12.8 Å². The molecule has 0 radical (unpaired) electrons. The van der Waals surface area contributed by atoms with Crippen LogP contribution < -0.4 is 0 Å². The Labute approximate surface area is 94.9 Å². The van der Waals surface area contributed by atoms with Gasteiger partial charge in [0, 0.05) is 6.42 Å². The summed E-state index contributed by atoms with van der Waals surface area (Å²) >= 11 is 0. The van der Waals surface area contributed by atoms with E-state index in [1.54, 1.807) is 6.92 Å². The minimum absolute atomic E-state index is 0.0249. The molecule has 90 valence electrons. The largest absolute Gasteiger partial charge is 0.512 e. The van der Waals surface area contributed by atoms with Crippen LogP contribution in [0.4, 0.5) is 0 Å². The van der Waals surface area contributed by atoms with E-state index in [0.29, 0.717) is 25.0 Å². The van der Waals surface area contributed by atoms with Crippen molar-refractivity contribution in [3.63, 3.8) is 0 Å². The first kappa shape index (κ1) is 11.5. The fourth-order valence-corrected chi connectivity index (χ4v) is 2.88. The van der Waals surface area contributed by atoms with Crippen molar-refractivity contribution in [1.29, 1.82) is 0 Å². The van der Waals surface area contributed by atoms with E-state index in [4.69, 9.17) is 4.74 Å². The Morgan fingerprint density at radius 2 is 2.38 bits per heavy atom. The van der Waals surface area contributed by atoms with Crippen LogP contribution in [-0.2, 0) is 9.53 Å². The van der Waals surface area contributed by atoms with Gasteiger partial charge in [-0.2, -0.15) is 0 Å². The zero-order chi connectivity index (χ0) is 11.8. The van der Waals surface area contributed by atoms with Gasteiger partial charge in [0.25, 0.3) is 0 Å². The first-order valence-corrected chi connectivity index (χ1v) is 5.87. The third kappa shape index (κ3) is 1.94. The van der Waals surface area contributed by atoms with E-state index in [1.807, 2.05) is 0 Å². The summed E-state index contributed by atoms with van der Waals surface area (Å²) in [6.07, 6.45) is 3.23. The van der Waals surface area contributed by atoms with Gasteiger partial charge >= 0.3 is 5.97 Å². The van der Waals surface area contributed by atoms with Crippen LogP contribution in [0.2, 0.25) is 0 Å². The van der Waals surface area contributed by atoms with Crippen LogP contribution in [0, 0.1) is 5.92 Å². The standard InChI is InChI=1S/C12H18O4/c1-2-16-11(14)10-8-4-3-5-12(15,6-8)7-9(10)13/h8,13,15H,2-7H2,1H3. The molecule has 16 heavy (non-hydrogen) atoms. The molecule has 1 saturated carbocycles. The Hall–Kier alpha value is -1.03. The van der Waals surface area contributed by atoms with Crippen LogP contribution in [0.3, 0.4) is 0 Å². The van der Waals surface area contributed by atoms with Crippen LogP contribution >= 0.6 is 0 Å². The van der Waals surface area contributed by atoms with Gasteiger partial charge in [-0.25, -0.2) is 4.79 Å². The van der Waals surface area contributed by atoms with Crippen LogP contribution in [0.25, 0.3) is 0 Å². The number of rotatable bonds is 2. The lowest BCUT2D eigenvalue weighted by Crippen LogP contribution is -2.41. The fraction of sp³-hybridized carbons (Fsp3) is 0.750. The summed E-state index contributed by atoms with van der Waals surface area (Å²) in [7, 11) is 0. The highest BCUT2D eigenvalue weighted by Crippen LogP contribution is 2.45. The Kier molecular flexibility index (Phi) is 2.93. The molecular weight excluding hydrogens is 208 g/mol. The van der Waals surface area contributed by atoms with E-state index in [1.165, 1.54) is 0 Å². The lowest BCUT2D eigenvalue weighted by Gasteiger charge is -2.41. The Morgan fingerprint density at radius 3 is 3.06 bits per heavy atom. The third-order valence-electron chi connectivity index (χ3n) is 3.53. The van der Waals surface area contributed by atoms with Crippen molar-refractivity contribution in [3.05, 3.63) is 11.3 Å². The minimum atomic E-state index is -0.803. The Balaban J connectivity index is 2.26. The highest BCUT2D eigenvalue weighted by atomic mass is 16.5. The number of hydrogen-bond acceptors (Lipinski definition) is 4. The SMILES string of the molecule is CCOC(=O)C1=C(O)CC2(O)CCCC1C2. The minimum Gasteiger partial charge on any atom is -0.512 e. The highest BCUT2D eigenvalue weighted by molar-refractivity contribution is 5.90. The fourth-order valence-electron chi connectivity index (χ4n) is 2.88. The van der Waals surface area contributed by atoms with Gasteiger partial charge in [-0.3, -0.25) is 0 Å². The molecular formula is C12H18O4. The van der Waals surface area contributed by atoms with Crippen LogP contribution in [0.1, 0.15) is 39.0 Å². The lowest BCUT2D eigenvalue weighted by molar-refractivity contribution is -0.140. The molecule has 2 aliphatic rings.